The summed E-state index contributed by atoms with van der Waals surface area (Å²) in [6.45, 7) is 0. The molecule has 0 bridgehead atoms. The van der Waals surface area contributed by atoms with Gasteiger partial charge in [0.1, 0.15) is 0 Å². The normalized spacial score (nSPS) is 11.4. The van der Waals surface area contributed by atoms with E-state index in [1.807, 2.05) is 120 Å². The smallest absolute Gasteiger partial charge is 0.194 e. The topological polar surface area (TPSA) is 63.6 Å². The maximum atomic E-state index is 14.3. The van der Waals surface area contributed by atoms with Crippen LogP contribution in [0.5, 0.6) is 0 Å². The molecule has 0 radical (unpaired) electrons. The fourth-order valence-electron chi connectivity index (χ4n) is 4.95. The number of hydrogen-bond donors (Lipinski definition) is 1. The zero-order valence-corrected chi connectivity index (χ0v) is 19.2. The van der Waals surface area contributed by atoms with Crippen LogP contribution in [-0.4, -0.2) is 25.5 Å². The van der Waals surface area contributed by atoms with E-state index < -0.39 is 0 Å². The molecule has 7 aromatic rings. The number of benzene rings is 4. The van der Waals surface area contributed by atoms with E-state index in [-0.39, 0.29) is 5.78 Å². The molecule has 170 valence electrons. The van der Waals surface area contributed by atoms with Crippen LogP contribution in [-0.2, 0) is 0 Å². The summed E-state index contributed by atoms with van der Waals surface area (Å²) in [7, 11) is 0. The lowest BCUT2D eigenvalue weighted by molar-refractivity contribution is 0.104. The number of carbonyl (C=O) groups is 1. The number of hydrogen-bond acceptors (Lipinski definition) is 3. The van der Waals surface area contributed by atoms with Crippen molar-refractivity contribution in [2.24, 2.45) is 0 Å². The van der Waals surface area contributed by atoms with Gasteiger partial charge < -0.3 is 0 Å². The number of pyridine rings is 1. The first-order valence-corrected chi connectivity index (χ1v) is 11.8. The molecular weight excluding hydrogens is 444 g/mol. The van der Waals surface area contributed by atoms with Gasteiger partial charge in [-0.05, 0) is 18.2 Å². The third kappa shape index (κ3) is 3.07. The monoisotopic (exact) mass is 464 g/mol. The van der Waals surface area contributed by atoms with Crippen molar-refractivity contribution in [3.8, 4) is 16.9 Å². The van der Waals surface area contributed by atoms with Crippen LogP contribution in [0.25, 0.3) is 49.9 Å². The van der Waals surface area contributed by atoms with E-state index in [0.29, 0.717) is 22.4 Å². The van der Waals surface area contributed by atoms with Crippen LogP contribution >= 0.6 is 0 Å². The Morgan fingerprint density at radius 1 is 0.667 bits per heavy atom. The highest BCUT2D eigenvalue weighted by molar-refractivity contribution is 6.29. The molecule has 1 N–H and O–H groups in total. The number of ketones is 1. The third-order valence-electron chi connectivity index (χ3n) is 6.58. The maximum absolute atomic E-state index is 14.3. The summed E-state index contributed by atoms with van der Waals surface area (Å²) in [5, 5.41) is 6.04. The molecule has 0 aliphatic carbocycles. The Kier molecular flexibility index (Phi) is 4.54. The molecule has 0 aliphatic rings. The predicted octanol–water partition coefficient (Wildman–Crippen LogP) is 6.95. The molecule has 0 atom stereocenters. The van der Waals surface area contributed by atoms with Crippen LogP contribution in [0.15, 0.2) is 115 Å². The molecule has 3 aromatic heterocycles. The summed E-state index contributed by atoms with van der Waals surface area (Å²) in [4.78, 5) is 24.1. The highest BCUT2D eigenvalue weighted by Gasteiger charge is 2.27. The second kappa shape index (κ2) is 8.03. The molecule has 5 heteroatoms. The average Bonchev–Trinajstić information content (AvgIpc) is 3.51. The van der Waals surface area contributed by atoms with Crippen molar-refractivity contribution >= 4 is 38.8 Å². The number of aromatic amines is 1. The number of fused-ring (bicyclic) bond motifs is 4. The lowest BCUT2D eigenvalue weighted by Crippen LogP contribution is -2.05. The molecule has 36 heavy (non-hydrogen) atoms. The minimum absolute atomic E-state index is 0.0532. The van der Waals surface area contributed by atoms with E-state index in [1.54, 1.807) is 0 Å². The summed E-state index contributed by atoms with van der Waals surface area (Å²) in [5.41, 5.74) is 6.03. The van der Waals surface area contributed by atoms with Gasteiger partial charge in [0.2, 0.25) is 0 Å². The van der Waals surface area contributed by atoms with E-state index in [0.717, 1.165) is 38.6 Å². The third-order valence-corrected chi connectivity index (χ3v) is 6.58. The Labute approximate surface area is 206 Å². The molecule has 0 fully saturated rings. The van der Waals surface area contributed by atoms with E-state index >= 15 is 0 Å². The highest BCUT2D eigenvalue weighted by Crippen LogP contribution is 2.39. The van der Waals surface area contributed by atoms with Crippen LogP contribution in [0.3, 0.4) is 0 Å². The lowest BCUT2D eigenvalue weighted by Gasteiger charge is -2.08. The van der Waals surface area contributed by atoms with Crippen LogP contribution in [0.1, 0.15) is 15.9 Å². The zero-order chi connectivity index (χ0) is 24.1. The second-order valence-electron chi connectivity index (χ2n) is 8.73. The van der Waals surface area contributed by atoms with Crippen LogP contribution in [0, 0.1) is 0 Å². The summed E-state index contributed by atoms with van der Waals surface area (Å²) < 4.78 is 1.94. The molecule has 0 spiro atoms. The minimum Gasteiger partial charge on any atom is -0.291 e. The largest absolute Gasteiger partial charge is 0.291 e. The van der Waals surface area contributed by atoms with Crippen LogP contribution in [0.2, 0.25) is 0 Å². The Morgan fingerprint density at radius 2 is 1.31 bits per heavy atom. The van der Waals surface area contributed by atoms with Crippen molar-refractivity contribution < 1.29 is 4.79 Å². The quantitative estimate of drug-likeness (QED) is 0.287. The summed E-state index contributed by atoms with van der Waals surface area (Å²) in [5.74, 6) is -0.0532. The van der Waals surface area contributed by atoms with E-state index in [4.69, 9.17) is 9.97 Å². The predicted molar refractivity (Wildman–Crippen MR) is 144 cm³/mol. The van der Waals surface area contributed by atoms with Gasteiger partial charge in [0, 0.05) is 27.5 Å². The van der Waals surface area contributed by atoms with E-state index in [2.05, 4.69) is 5.10 Å². The van der Waals surface area contributed by atoms with Gasteiger partial charge in [0.05, 0.1) is 22.3 Å². The van der Waals surface area contributed by atoms with Gasteiger partial charge in [-0.15, -0.1) is 0 Å². The fraction of sp³-hybridized carbons (Fsp3) is 0. The van der Waals surface area contributed by atoms with Crippen molar-refractivity contribution in [1.82, 2.24) is 19.7 Å². The summed E-state index contributed by atoms with van der Waals surface area (Å²) in [6.07, 6.45) is 0. The SMILES string of the molecule is O=C(c1ccccc1)c1c2c(-c3ccccc3)[nH]n(-c3ccccc3)c2nc2nc3ccccc3c12. The highest BCUT2D eigenvalue weighted by atomic mass is 16.1. The average molecular weight is 465 g/mol. The van der Waals surface area contributed by atoms with Gasteiger partial charge >= 0.3 is 0 Å². The molecule has 5 nitrogen and oxygen atoms in total. The van der Waals surface area contributed by atoms with E-state index in [9.17, 15) is 4.79 Å². The zero-order valence-electron chi connectivity index (χ0n) is 19.2. The van der Waals surface area contributed by atoms with Gasteiger partial charge in [0.15, 0.2) is 17.1 Å². The van der Waals surface area contributed by atoms with Gasteiger partial charge in [-0.2, -0.15) is 0 Å². The molecule has 4 aromatic carbocycles. The Morgan fingerprint density at radius 3 is 2.06 bits per heavy atom. The molecular formula is C31H20N4O. The Balaban J connectivity index is 1.70. The molecule has 7 rings (SSSR count). The molecule has 0 saturated carbocycles. The first kappa shape index (κ1) is 20.4. The summed E-state index contributed by atoms with van der Waals surface area (Å²) >= 11 is 0. The molecule has 0 amide bonds. The van der Waals surface area contributed by atoms with Gasteiger partial charge in [-0.1, -0.05) is 97.1 Å². The second-order valence-corrected chi connectivity index (χ2v) is 8.73. The Bertz CT molecular complexity index is 1890. The minimum atomic E-state index is -0.0532. The number of H-pyrrole nitrogens is 1. The number of aromatic nitrogens is 4. The van der Waals surface area contributed by atoms with Crippen molar-refractivity contribution in [2.75, 3.05) is 0 Å². The maximum Gasteiger partial charge on any atom is 0.194 e. The molecule has 0 unspecified atom stereocenters. The number of nitrogens with zero attached hydrogens (tertiary/aromatic N) is 3. The summed E-state index contributed by atoms with van der Waals surface area (Å²) in [6, 6.07) is 37.4. The molecule has 0 saturated heterocycles. The number of carbonyl (C=O) groups excluding carboxylic acids is 1. The van der Waals surface area contributed by atoms with Crippen molar-refractivity contribution in [1.29, 1.82) is 0 Å². The lowest BCUT2D eigenvalue weighted by atomic mass is 9.94. The van der Waals surface area contributed by atoms with Gasteiger partial charge in [-0.3, -0.25) is 9.89 Å². The first-order valence-electron chi connectivity index (χ1n) is 11.8. The van der Waals surface area contributed by atoms with Crippen molar-refractivity contribution in [2.45, 2.75) is 0 Å². The number of nitrogens with one attached hydrogen (secondary N) is 1. The van der Waals surface area contributed by atoms with Crippen molar-refractivity contribution in [3.63, 3.8) is 0 Å². The first-order chi connectivity index (χ1) is 17.8. The standard InChI is InChI=1S/C31H20N4O/c36-29(21-14-6-2-7-15-21)26-25-23-18-10-11-19-24(23)32-30(25)33-31-27(26)28(20-12-4-1-5-13-20)34-35(31)22-16-8-3-9-17-22/h1-19,34H. The van der Waals surface area contributed by atoms with Gasteiger partial charge in [-0.25, -0.2) is 14.6 Å². The fourth-order valence-corrected chi connectivity index (χ4v) is 4.95. The number of para-hydroxylation sites is 2. The molecule has 3 heterocycles. The van der Waals surface area contributed by atoms with Crippen molar-refractivity contribution in [3.05, 3.63) is 126 Å². The van der Waals surface area contributed by atoms with Crippen LogP contribution in [0.4, 0.5) is 0 Å². The number of rotatable bonds is 4. The Hall–Kier alpha value is -5.03. The van der Waals surface area contributed by atoms with Crippen LogP contribution < -0.4 is 0 Å². The van der Waals surface area contributed by atoms with E-state index in [1.165, 1.54) is 0 Å². The van der Waals surface area contributed by atoms with Gasteiger partial charge in [0.25, 0.3) is 0 Å². The molecule has 0 aliphatic heterocycles.